The molecule has 0 saturated carbocycles. The number of nitrogens with zero attached hydrogens (tertiary/aromatic N) is 1. The molecular formula is C13H17NOS. The monoisotopic (exact) mass is 235 g/mol. The Morgan fingerprint density at radius 1 is 1.19 bits per heavy atom. The lowest BCUT2D eigenvalue weighted by atomic mass is 10.2. The van der Waals surface area contributed by atoms with Crippen LogP contribution in [-0.4, -0.2) is 10.8 Å². The molecule has 0 aliphatic heterocycles. The summed E-state index contributed by atoms with van der Waals surface area (Å²) in [5.41, 5.74) is 1.04. The van der Waals surface area contributed by atoms with Crippen LogP contribution in [0.5, 0.6) is 0 Å². The molecule has 0 unspecified atom stereocenters. The predicted molar refractivity (Wildman–Crippen MR) is 72.3 cm³/mol. The molecule has 1 aromatic heterocycles. The highest BCUT2D eigenvalue weighted by Crippen LogP contribution is 2.23. The summed E-state index contributed by atoms with van der Waals surface area (Å²) >= 11 is 1.61. The first kappa shape index (κ1) is 12.8. The maximum atomic E-state index is 11.6. The second-order valence-corrected chi connectivity index (χ2v) is 3.98. The van der Waals surface area contributed by atoms with E-state index in [0.717, 1.165) is 15.8 Å². The van der Waals surface area contributed by atoms with Gasteiger partial charge in [-0.2, -0.15) is 0 Å². The van der Waals surface area contributed by atoms with Crippen molar-refractivity contribution in [1.29, 1.82) is 0 Å². The van der Waals surface area contributed by atoms with Crippen LogP contribution < -0.4 is 5.56 Å². The number of para-hydroxylation sites is 1. The molecule has 86 valence electrons. The second-order valence-electron chi connectivity index (χ2n) is 3.13. The van der Waals surface area contributed by atoms with Gasteiger partial charge in [-0.3, -0.25) is 4.79 Å². The quantitative estimate of drug-likeness (QED) is 0.708. The van der Waals surface area contributed by atoms with Crippen molar-refractivity contribution in [2.24, 2.45) is 7.05 Å². The van der Waals surface area contributed by atoms with E-state index in [4.69, 9.17) is 0 Å². The van der Waals surface area contributed by atoms with Crippen molar-refractivity contribution in [2.45, 2.75) is 18.7 Å². The van der Waals surface area contributed by atoms with Crippen molar-refractivity contribution in [3.8, 4) is 0 Å². The molecule has 0 saturated heterocycles. The third-order valence-corrected chi connectivity index (χ3v) is 3.11. The van der Waals surface area contributed by atoms with E-state index in [1.807, 2.05) is 44.4 Å². The molecule has 1 aromatic carbocycles. The highest BCUT2D eigenvalue weighted by Gasteiger charge is 2.03. The Kier molecular flexibility index (Phi) is 4.62. The topological polar surface area (TPSA) is 22.0 Å². The summed E-state index contributed by atoms with van der Waals surface area (Å²) in [6, 6.07) is 9.64. The normalized spacial score (nSPS) is 9.75. The summed E-state index contributed by atoms with van der Waals surface area (Å²) in [7, 11) is 1.80. The van der Waals surface area contributed by atoms with Gasteiger partial charge in [0, 0.05) is 23.4 Å². The molecular weight excluding hydrogens is 218 g/mol. The van der Waals surface area contributed by atoms with Crippen LogP contribution in [0.1, 0.15) is 13.8 Å². The molecule has 0 aliphatic carbocycles. The molecule has 2 aromatic rings. The molecule has 0 radical (unpaired) electrons. The molecule has 16 heavy (non-hydrogen) atoms. The molecule has 1 heterocycles. The molecule has 0 spiro atoms. The fraction of sp³-hybridized carbons (Fsp3) is 0.308. The molecule has 0 amide bonds. The minimum Gasteiger partial charge on any atom is -0.311 e. The minimum atomic E-state index is 0.0491. The van der Waals surface area contributed by atoms with Crippen molar-refractivity contribution < 1.29 is 0 Å². The van der Waals surface area contributed by atoms with Crippen molar-refractivity contribution in [2.75, 3.05) is 6.26 Å². The first-order valence-corrected chi connectivity index (χ1v) is 6.59. The number of aromatic nitrogens is 1. The summed E-state index contributed by atoms with van der Waals surface area (Å²) in [6.45, 7) is 4.00. The Hall–Kier alpha value is -1.22. The molecule has 3 heteroatoms. The number of benzene rings is 1. The van der Waals surface area contributed by atoms with Gasteiger partial charge >= 0.3 is 0 Å². The third kappa shape index (κ3) is 2.30. The van der Waals surface area contributed by atoms with E-state index >= 15 is 0 Å². The first-order valence-electron chi connectivity index (χ1n) is 5.37. The van der Waals surface area contributed by atoms with Gasteiger partial charge in [0.2, 0.25) is 0 Å². The van der Waals surface area contributed by atoms with E-state index in [9.17, 15) is 4.79 Å². The standard InChI is InChI=1S/C11H11NOS.C2H6/c1-12-9-6-4-3-5-8(9)10(14-2)7-11(12)13;1-2/h3-7H,1-2H3;1-2H3. The van der Waals surface area contributed by atoms with Crippen LogP contribution in [0.25, 0.3) is 10.9 Å². The number of pyridine rings is 1. The second kappa shape index (κ2) is 5.75. The molecule has 0 N–H and O–H groups in total. The summed E-state index contributed by atoms with van der Waals surface area (Å²) in [6.07, 6.45) is 1.99. The van der Waals surface area contributed by atoms with Gasteiger partial charge in [0.05, 0.1) is 5.52 Å². The Balaban J connectivity index is 0.000000606. The molecule has 2 nitrogen and oxygen atoms in total. The van der Waals surface area contributed by atoms with Crippen LogP contribution in [0.3, 0.4) is 0 Å². The molecule has 0 aliphatic rings. The van der Waals surface area contributed by atoms with E-state index in [1.165, 1.54) is 0 Å². The fourth-order valence-electron chi connectivity index (χ4n) is 1.55. The zero-order valence-electron chi connectivity index (χ0n) is 10.2. The summed E-state index contributed by atoms with van der Waals surface area (Å²) < 4.78 is 1.68. The summed E-state index contributed by atoms with van der Waals surface area (Å²) in [5.74, 6) is 0. The van der Waals surface area contributed by atoms with Gasteiger partial charge in [-0.15, -0.1) is 11.8 Å². The number of aryl methyl sites for hydroxylation is 1. The Labute approximate surface area is 100 Å². The van der Waals surface area contributed by atoms with Gasteiger partial charge in [-0.25, -0.2) is 0 Å². The Morgan fingerprint density at radius 2 is 1.81 bits per heavy atom. The average Bonchev–Trinajstić information content (AvgIpc) is 2.36. The van der Waals surface area contributed by atoms with Gasteiger partial charge in [-0.1, -0.05) is 32.0 Å². The first-order chi connectivity index (χ1) is 7.74. The molecule has 0 bridgehead atoms. The van der Waals surface area contributed by atoms with Gasteiger partial charge < -0.3 is 4.57 Å². The van der Waals surface area contributed by atoms with Crippen LogP contribution in [0.15, 0.2) is 40.0 Å². The zero-order valence-corrected chi connectivity index (χ0v) is 11.0. The van der Waals surface area contributed by atoms with Crippen molar-refractivity contribution in [3.63, 3.8) is 0 Å². The smallest absolute Gasteiger partial charge is 0.251 e. The lowest BCUT2D eigenvalue weighted by Crippen LogP contribution is -2.15. The highest BCUT2D eigenvalue weighted by atomic mass is 32.2. The van der Waals surface area contributed by atoms with E-state index in [-0.39, 0.29) is 5.56 Å². The lowest BCUT2D eigenvalue weighted by molar-refractivity contribution is 0.898. The van der Waals surface area contributed by atoms with Crippen LogP contribution >= 0.6 is 11.8 Å². The largest absolute Gasteiger partial charge is 0.311 e. The minimum absolute atomic E-state index is 0.0491. The van der Waals surface area contributed by atoms with Crippen LogP contribution in [0, 0.1) is 0 Å². The summed E-state index contributed by atoms with van der Waals surface area (Å²) in [5, 5.41) is 1.14. The van der Waals surface area contributed by atoms with Gasteiger partial charge in [0.15, 0.2) is 0 Å². The average molecular weight is 235 g/mol. The number of hydrogen-bond donors (Lipinski definition) is 0. The molecule has 0 atom stereocenters. The number of hydrogen-bond acceptors (Lipinski definition) is 2. The predicted octanol–water partition coefficient (Wildman–Crippen LogP) is 3.29. The fourth-order valence-corrected chi connectivity index (χ4v) is 2.16. The van der Waals surface area contributed by atoms with Gasteiger partial charge in [-0.05, 0) is 12.3 Å². The number of thioether (sulfide) groups is 1. The van der Waals surface area contributed by atoms with E-state index < -0.39 is 0 Å². The highest BCUT2D eigenvalue weighted by molar-refractivity contribution is 7.98. The van der Waals surface area contributed by atoms with Crippen molar-refractivity contribution >= 4 is 22.7 Å². The van der Waals surface area contributed by atoms with E-state index in [2.05, 4.69) is 0 Å². The van der Waals surface area contributed by atoms with E-state index in [0.29, 0.717) is 0 Å². The lowest BCUT2D eigenvalue weighted by Gasteiger charge is -2.07. The number of fused-ring (bicyclic) bond motifs is 1. The number of rotatable bonds is 1. The van der Waals surface area contributed by atoms with Crippen LogP contribution in [0.2, 0.25) is 0 Å². The van der Waals surface area contributed by atoms with Gasteiger partial charge in [0.1, 0.15) is 0 Å². The van der Waals surface area contributed by atoms with Crippen LogP contribution in [-0.2, 0) is 7.05 Å². The maximum Gasteiger partial charge on any atom is 0.251 e. The Morgan fingerprint density at radius 3 is 2.44 bits per heavy atom. The van der Waals surface area contributed by atoms with Crippen molar-refractivity contribution in [3.05, 3.63) is 40.7 Å². The third-order valence-electron chi connectivity index (χ3n) is 2.34. The zero-order chi connectivity index (χ0) is 12.1. The van der Waals surface area contributed by atoms with E-state index in [1.54, 1.807) is 29.4 Å². The van der Waals surface area contributed by atoms with Crippen LogP contribution in [0.4, 0.5) is 0 Å². The Bertz CT molecular complexity index is 531. The maximum absolute atomic E-state index is 11.6. The SMILES string of the molecule is CC.CSc1cc(=O)n(C)c2ccccc12. The van der Waals surface area contributed by atoms with Gasteiger partial charge in [0.25, 0.3) is 5.56 Å². The van der Waals surface area contributed by atoms with Crippen molar-refractivity contribution in [1.82, 2.24) is 4.57 Å². The summed E-state index contributed by atoms with van der Waals surface area (Å²) in [4.78, 5) is 12.6. The molecule has 2 rings (SSSR count). The molecule has 0 fully saturated rings.